The van der Waals surface area contributed by atoms with Crippen molar-refractivity contribution >= 4 is 0 Å². The van der Waals surface area contributed by atoms with Crippen molar-refractivity contribution in [3.05, 3.63) is 59.9 Å². The van der Waals surface area contributed by atoms with Gasteiger partial charge in [0, 0.05) is 17.9 Å². The van der Waals surface area contributed by atoms with E-state index in [-0.39, 0.29) is 0 Å². The standard InChI is InChI=1S/C13H23N.C12H17NO.3C2H6/c1-4-5-9-12(2)14-11-8-6-7-10-13(14)3;1-10-2-4-11(5-3-10)12(14)6-8-13-9-7-12;3*1-2/h2-11H2,1H3;2-5,13-14H,6-9H2,1H3;3*1-2H3. The Labute approximate surface area is 213 Å². The molecule has 34 heavy (non-hydrogen) atoms. The summed E-state index contributed by atoms with van der Waals surface area (Å²) in [5.74, 6) is 0. The second kappa shape index (κ2) is 21.9. The van der Waals surface area contributed by atoms with Gasteiger partial charge in [-0.05, 0) is 70.5 Å². The van der Waals surface area contributed by atoms with E-state index < -0.39 is 5.60 Å². The minimum atomic E-state index is -0.598. The molecule has 2 heterocycles. The summed E-state index contributed by atoms with van der Waals surface area (Å²) in [5, 5.41) is 13.7. The molecule has 2 N–H and O–H groups in total. The predicted molar refractivity (Wildman–Crippen MR) is 154 cm³/mol. The van der Waals surface area contributed by atoms with E-state index >= 15 is 0 Å². The van der Waals surface area contributed by atoms with Crippen molar-refractivity contribution < 1.29 is 5.11 Å². The van der Waals surface area contributed by atoms with Gasteiger partial charge in [-0.1, -0.05) is 104 Å². The van der Waals surface area contributed by atoms with E-state index in [1.807, 2.05) is 53.7 Å². The molecule has 3 rings (SSSR count). The van der Waals surface area contributed by atoms with Crippen LogP contribution in [0.5, 0.6) is 0 Å². The van der Waals surface area contributed by atoms with E-state index in [9.17, 15) is 5.11 Å². The number of hydrogen-bond donors (Lipinski definition) is 2. The predicted octanol–water partition coefficient (Wildman–Crippen LogP) is 8.72. The third kappa shape index (κ3) is 13.3. The van der Waals surface area contributed by atoms with E-state index in [0.29, 0.717) is 0 Å². The Hall–Kier alpha value is -1.58. The van der Waals surface area contributed by atoms with Crippen LogP contribution in [0, 0.1) is 6.92 Å². The van der Waals surface area contributed by atoms with E-state index in [0.717, 1.165) is 50.9 Å². The fourth-order valence-corrected chi connectivity index (χ4v) is 3.96. The summed E-state index contributed by atoms with van der Waals surface area (Å²) in [6, 6.07) is 8.21. The monoisotopic (exact) mass is 474 g/mol. The molecule has 2 aliphatic heterocycles. The lowest BCUT2D eigenvalue weighted by molar-refractivity contribution is 0.00593. The first-order chi connectivity index (χ1) is 16.5. The molecule has 3 heteroatoms. The van der Waals surface area contributed by atoms with Crippen LogP contribution >= 0.6 is 0 Å². The summed E-state index contributed by atoms with van der Waals surface area (Å²) >= 11 is 0. The van der Waals surface area contributed by atoms with Crippen LogP contribution in [0.1, 0.15) is 117 Å². The molecule has 0 saturated carbocycles. The molecule has 0 radical (unpaired) electrons. The quantitative estimate of drug-likeness (QED) is 0.448. The van der Waals surface area contributed by atoms with Crippen molar-refractivity contribution in [2.45, 2.75) is 119 Å². The zero-order valence-electron chi connectivity index (χ0n) is 24.1. The Balaban J connectivity index is 0. The minimum absolute atomic E-state index is 0.598. The Morgan fingerprint density at radius 1 is 0.971 bits per heavy atom. The molecule has 0 unspecified atom stereocenters. The van der Waals surface area contributed by atoms with Crippen LogP contribution in [0.3, 0.4) is 0 Å². The van der Waals surface area contributed by atoms with Crippen LogP contribution in [0.4, 0.5) is 0 Å². The van der Waals surface area contributed by atoms with E-state index in [1.54, 1.807) is 0 Å². The molecule has 198 valence electrons. The van der Waals surface area contributed by atoms with Crippen molar-refractivity contribution in [1.82, 2.24) is 10.2 Å². The Kier molecular flexibility index (Phi) is 22.3. The van der Waals surface area contributed by atoms with Crippen LogP contribution in [-0.4, -0.2) is 29.6 Å². The summed E-state index contributed by atoms with van der Waals surface area (Å²) in [5.41, 5.74) is 4.26. The summed E-state index contributed by atoms with van der Waals surface area (Å²) in [6.45, 7) is 27.6. The zero-order valence-corrected chi connectivity index (χ0v) is 24.1. The lowest BCUT2D eigenvalue weighted by Gasteiger charge is -2.33. The Morgan fingerprint density at radius 2 is 1.53 bits per heavy atom. The second-order valence-electron chi connectivity index (χ2n) is 8.35. The van der Waals surface area contributed by atoms with Gasteiger partial charge in [0.05, 0.1) is 5.60 Å². The molecule has 1 aromatic rings. The fourth-order valence-electron chi connectivity index (χ4n) is 3.96. The summed E-state index contributed by atoms with van der Waals surface area (Å²) < 4.78 is 0. The maximum atomic E-state index is 10.4. The average Bonchev–Trinajstić information content (AvgIpc) is 3.11. The van der Waals surface area contributed by atoms with E-state index in [1.165, 1.54) is 49.1 Å². The molecule has 0 aliphatic carbocycles. The number of allylic oxidation sites excluding steroid dienone is 2. The number of aryl methyl sites for hydroxylation is 1. The van der Waals surface area contributed by atoms with Crippen LogP contribution in [0.25, 0.3) is 0 Å². The first-order valence-corrected chi connectivity index (χ1v) is 14.1. The van der Waals surface area contributed by atoms with Gasteiger partial charge in [-0.2, -0.15) is 0 Å². The topological polar surface area (TPSA) is 35.5 Å². The van der Waals surface area contributed by atoms with Gasteiger partial charge < -0.3 is 15.3 Å². The van der Waals surface area contributed by atoms with Gasteiger partial charge in [0.1, 0.15) is 0 Å². The van der Waals surface area contributed by atoms with Gasteiger partial charge >= 0.3 is 0 Å². The van der Waals surface area contributed by atoms with Crippen LogP contribution in [-0.2, 0) is 5.60 Å². The number of nitrogens with zero attached hydrogens (tertiary/aromatic N) is 1. The zero-order chi connectivity index (χ0) is 26.4. The SMILES string of the molecule is C=C(CCCC)N1CCCCCC1=C.CC.CC.CC.Cc1ccc(C2(O)CCNCC2)cc1. The molecule has 0 amide bonds. The number of piperidine rings is 1. The number of hydrogen-bond acceptors (Lipinski definition) is 3. The molecule has 0 spiro atoms. The molecule has 2 aliphatic rings. The molecule has 1 aromatic carbocycles. The lowest BCUT2D eigenvalue weighted by atomic mass is 9.85. The highest BCUT2D eigenvalue weighted by atomic mass is 16.3. The van der Waals surface area contributed by atoms with Crippen molar-refractivity contribution in [2.24, 2.45) is 0 Å². The average molecular weight is 475 g/mol. The van der Waals surface area contributed by atoms with Gasteiger partial charge in [-0.3, -0.25) is 0 Å². The summed E-state index contributed by atoms with van der Waals surface area (Å²) in [7, 11) is 0. The molecule has 2 fully saturated rings. The number of rotatable bonds is 5. The highest BCUT2D eigenvalue weighted by molar-refractivity contribution is 5.27. The summed E-state index contributed by atoms with van der Waals surface area (Å²) in [4.78, 5) is 2.35. The van der Waals surface area contributed by atoms with Crippen LogP contribution in [0.2, 0.25) is 0 Å². The number of likely N-dealkylation sites (tertiary alicyclic amines) is 1. The molecule has 0 bridgehead atoms. The first kappa shape index (κ1) is 34.6. The number of benzene rings is 1. The number of aliphatic hydroxyl groups is 1. The molecule has 0 atom stereocenters. The van der Waals surface area contributed by atoms with Crippen molar-refractivity contribution in [1.29, 1.82) is 0 Å². The van der Waals surface area contributed by atoms with Crippen molar-refractivity contribution in [3.8, 4) is 0 Å². The van der Waals surface area contributed by atoms with Crippen LogP contribution in [0.15, 0.2) is 48.8 Å². The van der Waals surface area contributed by atoms with Gasteiger partial charge in [0.25, 0.3) is 0 Å². The van der Waals surface area contributed by atoms with Gasteiger partial charge in [0.2, 0.25) is 0 Å². The normalized spacial score (nSPS) is 16.5. The largest absolute Gasteiger partial charge is 0.385 e. The first-order valence-electron chi connectivity index (χ1n) is 14.1. The molecule has 0 aromatic heterocycles. The molecular formula is C31H58N2O. The Morgan fingerprint density at radius 3 is 2.06 bits per heavy atom. The highest BCUT2D eigenvalue weighted by Gasteiger charge is 2.30. The van der Waals surface area contributed by atoms with Crippen molar-refractivity contribution in [3.63, 3.8) is 0 Å². The molecule has 2 saturated heterocycles. The maximum Gasteiger partial charge on any atom is 0.0920 e. The minimum Gasteiger partial charge on any atom is -0.385 e. The Bertz CT molecular complexity index is 615. The van der Waals surface area contributed by atoms with E-state index in [2.05, 4.69) is 49.4 Å². The maximum absolute atomic E-state index is 10.4. The number of unbranched alkanes of at least 4 members (excludes halogenated alkanes) is 1. The highest BCUT2D eigenvalue weighted by Crippen LogP contribution is 2.30. The molecule has 3 nitrogen and oxygen atoms in total. The van der Waals surface area contributed by atoms with Gasteiger partial charge in [-0.25, -0.2) is 0 Å². The van der Waals surface area contributed by atoms with Crippen LogP contribution < -0.4 is 5.32 Å². The fraction of sp³-hybridized carbons (Fsp3) is 0.677. The molecular weight excluding hydrogens is 416 g/mol. The second-order valence-corrected chi connectivity index (χ2v) is 8.35. The third-order valence-corrected chi connectivity index (χ3v) is 5.95. The van der Waals surface area contributed by atoms with Gasteiger partial charge in [0.15, 0.2) is 0 Å². The van der Waals surface area contributed by atoms with E-state index in [4.69, 9.17) is 0 Å². The van der Waals surface area contributed by atoms with Gasteiger partial charge in [-0.15, -0.1) is 0 Å². The number of nitrogens with one attached hydrogen (secondary N) is 1. The lowest BCUT2D eigenvalue weighted by Crippen LogP contribution is -2.39. The van der Waals surface area contributed by atoms with Crippen molar-refractivity contribution in [2.75, 3.05) is 19.6 Å². The smallest absolute Gasteiger partial charge is 0.0920 e. The summed E-state index contributed by atoms with van der Waals surface area (Å²) in [6.07, 6.45) is 10.4. The third-order valence-electron chi connectivity index (χ3n) is 5.95.